The van der Waals surface area contributed by atoms with Gasteiger partial charge in [-0.2, -0.15) is 0 Å². The third-order valence-corrected chi connectivity index (χ3v) is 4.93. The van der Waals surface area contributed by atoms with Crippen LogP contribution in [0.15, 0.2) is 0 Å². The number of rotatable bonds is 3. The molecule has 0 aromatic carbocycles. The molecule has 0 amide bonds. The van der Waals surface area contributed by atoms with Crippen molar-refractivity contribution in [1.29, 1.82) is 0 Å². The van der Waals surface area contributed by atoms with Gasteiger partial charge < -0.3 is 14.6 Å². The van der Waals surface area contributed by atoms with Gasteiger partial charge in [-0.25, -0.2) is 0 Å². The smallest absolute Gasteiger partial charge is 0.0553 e. The largest absolute Gasteiger partial charge is 0.396 e. The summed E-state index contributed by atoms with van der Waals surface area (Å²) >= 11 is 0. The Labute approximate surface area is 90.8 Å². The number of aliphatic hydroxyl groups excluding tert-OH is 1. The lowest BCUT2D eigenvalue weighted by molar-refractivity contribution is -0.208. The van der Waals surface area contributed by atoms with Crippen LogP contribution in [0.1, 0.15) is 25.7 Å². The summed E-state index contributed by atoms with van der Waals surface area (Å²) in [5.41, 5.74) is 0.513. The first-order valence-electron chi connectivity index (χ1n) is 6.09. The Balaban J connectivity index is 1.79. The topological polar surface area (TPSA) is 38.7 Å². The van der Waals surface area contributed by atoms with Gasteiger partial charge in [-0.05, 0) is 31.6 Å². The van der Waals surface area contributed by atoms with Crippen LogP contribution in [0.5, 0.6) is 0 Å². The molecule has 1 N–H and O–H groups in total. The second-order valence-electron chi connectivity index (χ2n) is 5.47. The van der Waals surface area contributed by atoms with Gasteiger partial charge in [0.05, 0.1) is 13.2 Å². The highest BCUT2D eigenvalue weighted by Crippen LogP contribution is 2.65. The molecule has 0 radical (unpaired) electrons. The zero-order chi connectivity index (χ0) is 10.4. The molecule has 0 unspecified atom stereocenters. The molecular weight excluding hydrogens is 192 g/mol. The van der Waals surface area contributed by atoms with Crippen LogP contribution in [0, 0.1) is 16.7 Å². The van der Waals surface area contributed by atoms with E-state index >= 15 is 0 Å². The molecule has 0 aromatic rings. The van der Waals surface area contributed by atoms with Crippen LogP contribution >= 0.6 is 0 Å². The van der Waals surface area contributed by atoms with Crippen molar-refractivity contribution in [2.24, 2.45) is 16.7 Å². The van der Waals surface area contributed by atoms with Gasteiger partial charge in [0.15, 0.2) is 0 Å². The summed E-state index contributed by atoms with van der Waals surface area (Å²) < 4.78 is 10.9. The molecule has 15 heavy (non-hydrogen) atoms. The van der Waals surface area contributed by atoms with Crippen molar-refractivity contribution in [2.75, 3.05) is 33.0 Å². The van der Waals surface area contributed by atoms with Crippen molar-refractivity contribution in [1.82, 2.24) is 0 Å². The highest BCUT2D eigenvalue weighted by atomic mass is 16.5. The average Bonchev–Trinajstić information content (AvgIpc) is 2.99. The minimum atomic E-state index is 0.216. The Hall–Kier alpha value is -0.120. The first kappa shape index (κ1) is 10.1. The third kappa shape index (κ3) is 1.30. The van der Waals surface area contributed by atoms with E-state index in [1.807, 2.05) is 0 Å². The molecule has 86 valence electrons. The fourth-order valence-corrected chi connectivity index (χ4v) is 3.51. The molecule has 1 saturated carbocycles. The minimum Gasteiger partial charge on any atom is -0.396 e. The Bertz CT molecular complexity index is 237. The second kappa shape index (κ2) is 3.44. The zero-order valence-corrected chi connectivity index (χ0v) is 9.21. The van der Waals surface area contributed by atoms with Gasteiger partial charge in [-0.15, -0.1) is 0 Å². The summed E-state index contributed by atoms with van der Waals surface area (Å²) in [7, 11) is 0. The standard InChI is InChI=1S/C12H20O3/c13-7-11(3-4-11)12(8-15-9-12)10-1-5-14-6-2-10/h10,13H,1-9H2. The summed E-state index contributed by atoms with van der Waals surface area (Å²) in [5, 5.41) is 9.60. The molecule has 3 nitrogen and oxygen atoms in total. The van der Waals surface area contributed by atoms with Crippen molar-refractivity contribution in [3.05, 3.63) is 0 Å². The maximum atomic E-state index is 9.60. The van der Waals surface area contributed by atoms with Crippen LogP contribution < -0.4 is 0 Å². The van der Waals surface area contributed by atoms with Gasteiger partial charge in [0.1, 0.15) is 0 Å². The lowest BCUT2D eigenvalue weighted by atomic mass is 9.60. The molecule has 3 aliphatic rings. The van der Waals surface area contributed by atoms with E-state index in [0.29, 0.717) is 12.0 Å². The average molecular weight is 212 g/mol. The van der Waals surface area contributed by atoms with Crippen LogP contribution in [0.2, 0.25) is 0 Å². The van der Waals surface area contributed by atoms with Crippen molar-refractivity contribution >= 4 is 0 Å². The summed E-state index contributed by atoms with van der Waals surface area (Å²) in [6.07, 6.45) is 4.71. The van der Waals surface area contributed by atoms with Crippen LogP contribution in [-0.4, -0.2) is 38.1 Å². The fraction of sp³-hybridized carbons (Fsp3) is 1.00. The predicted octanol–water partition coefficient (Wildman–Crippen LogP) is 1.20. The van der Waals surface area contributed by atoms with Gasteiger partial charge in [-0.3, -0.25) is 0 Å². The van der Waals surface area contributed by atoms with E-state index in [0.717, 1.165) is 45.2 Å². The normalized spacial score (nSPS) is 33.4. The molecule has 0 bridgehead atoms. The predicted molar refractivity (Wildman–Crippen MR) is 55.5 cm³/mol. The van der Waals surface area contributed by atoms with Crippen LogP contribution in [0.3, 0.4) is 0 Å². The van der Waals surface area contributed by atoms with Crippen molar-refractivity contribution in [3.63, 3.8) is 0 Å². The molecule has 2 heterocycles. The van der Waals surface area contributed by atoms with Crippen molar-refractivity contribution in [2.45, 2.75) is 25.7 Å². The quantitative estimate of drug-likeness (QED) is 0.764. The Morgan fingerprint density at radius 3 is 2.13 bits per heavy atom. The maximum Gasteiger partial charge on any atom is 0.0553 e. The van der Waals surface area contributed by atoms with Crippen LogP contribution in [0.4, 0.5) is 0 Å². The molecule has 2 saturated heterocycles. The number of ether oxygens (including phenoxy) is 2. The van der Waals surface area contributed by atoms with E-state index < -0.39 is 0 Å². The molecule has 3 rings (SSSR count). The first-order valence-corrected chi connectivity index (χ1v) is 6.09. The van der Waals surface area contributed by atoms with Gasteiger partial charge in [0.25, 0.3) is 0 Å². The number of hydrogen-bond acceptors (Lipinski definition) is 3. The molecule has 2 aliphatic heterocycles. The maximum absolute atomic E-state index is 9.60. The summed E-state index contributed by atoms with van der Waals surface area (Å²) in [6, 6.07) is 0. The highest BCUT2D eigenvalue weighted by Gasteiger charge is 2.65. The second-order valence-corrected chi connectivity index (χ2v) is 5.47. The van der Waals surface area contributed by atoms with Gasteiger partial charge in [0, 0.05) is 30.7 Å². The lowest BCUT2D eigenvalue weighted by Gasteiger charge is -2.53. The van der Waals surface area contributed by atoms with Crippen LogP contribution in [0.25, 0.3) is 0 Å². The van der Waals surface area contributed by atoms with E-state index in [-0.39, 0.29) is 5.41 Å². The van der Waals surface area contributed by atoms with E-state index in [9.17, 15) is 5.11 Å². The molecule has 1 aliphatic carbocycles. The summed E-state index contributed by atoms with van der Waals surface area (Å²) in [6.45, 7) is 3.89. The molecule has 0 aromatic heterocycles. The van der Waals surface area contributed by atoms with E-state index in [2.05, 4.69) is 0 Å². The fourth-order valence-electron chi connectivity index (χ4n) is 3.51. The first-order chi connectivity index (χ1) is 7.33. The van der Waals surface area contributed by atoms with Gasteiger partial charge >= 0.3 is 0 Å². The van der Waals surface area contributed by atoms with Crippen molar-refractivity contribution < 1.29 is 14.6 Å². The van der Waals surface area contributed by atoms with E-state index in [4.69, 9.17) is 9.47 Å². The molecule has 3 heteroatoms. The number of hydrogen-bond donors (Lipinski definition) is 1. The molecule has 0 spiro atoms. The monoisotopic (exact) mass is 212 g/mol. The van der Waals surface area contributed by atoms with E-state index in [1.54, 1.807) is 0 Å². The Morgan fingerprint density at radius 2 is 1.73 bits per heavy atom. The van der Waals surface area contributed by atoms with Crippen molar-refractivity contribution in [3.8, 4) is 0 Å². The van der Waals surface area contributed by atoms with E-state index in [1.165, 1.54) is 12.8 Å². The molecule has 0 atom stereocenters. The van der Waals surface area contributed by atoms with Crippen LogP contribution in [-0.2, 0) is 9.47 Å². The number of aliphatic hydroxyl groups is 1. The lowest BCUT2D eigenvalue weighted by Crippen LogP contribution is -2.57. The van der Waals surface area contributed by atoms with Gasteiger partial charge in [0.2, 0.25) is 0 Å². The Morgan fingerprint density at radius 1 is 1.07 bits per heavy atom. The molecular formula is C12H20O3. The zero-order valence-electron chi connectivity index (χ0n) is 9.21. The third-order valence-electron chi connectivity index (χ3n) is 4.93. The molecule has 3 fully saturated rings. The van der Waals surface area contributed by atoms with Gasteiger partial charge in [-0.1, -0.05) is 0 Å². The Kier molecular flexibility index (Phi) is 2.31. The summed E-state index contributed by atoms with van der Waals surface area (Å²) in [5.74, 6) is 0.717. The minimum absolute atomic E-state index is 0.216. The highest BCUT2D eigenvalue weighted by molar-refractivity contribution is 5.12. The summed E-state index contributed by atoms with van der Waals surface area (Å²) in [4.78, 5) is 0. The SMILES string of the molecule is OCC1(C2(C3CCOCC3)COC2)CC1.